The fourth-order valence-electron chi connectivity index (χ4n) is 3.65. The lowest BCUT2D eigenvalue weighted by atomic mass is 10.1. The third-order valence-corrected chi connectivity index (χ3v) is 5.04. The lowest BCUT2D eigenvalue weighted by Crippen LogP contribution is -2.06. The summed E-state index contributed by atoms with van der Waals surface area (Å²) in [5, 5.41) is 18.0. The summed E-state index contributed by atoms with van der Waals surface area (Å²) in [4.78, 5) is 11.9. The Balaban J connectivity index is 1.84. The van der Waals surface area contributed by atoms with E-state index in [1.165, 1.54) is 23.9 Å². The normalized spacial score (nSPS) is 11.3. The zero-order valence-corrected chi connectivity index (χ0v) is 16.8. The fourth-order valence-corrected chi connectivity index (χ4v) is 3.65. The van der Waals surface area contributed by atoms with Crippen molar-refractivity contribution in [1.29, 1.82) is 0 Å². The highest BCUT2D eigenvalue weighted by Crippen LogP contribution is 2.30. The third-order valence-electron chi connectivity index (χ3n) is 5.04. The lowest BCUT2D eigenvalue weighted by molar-refractivity contribution is -0.139. The first kappa shape index (κ1) is 18.9. The van der Waals surface area contributed by atoms with Crippen molar-refractivity contribution in [2.45, 2.75) is 13.3 Å². The van der Waals surface area contributed by atoms with Crippen LogP contribution in [0.2, 0.25) is 0 Å². The minimum atomic E-state index is -0.464. The van der Waals surface area contributed by atoms with Crippen molar-refractivity contribution in [3.63, 3.8) is 0 Å². The highest BCUT2D eigenvalue weighted by molar-refractivity contribution is 5.86. The van der Waals surface area contributed by atoms with Crippen LogP contribution in [0, 0.1) is 12.7 Å². The molecule has 0 bridgehead atoms. The number of aryl methyl sites for hydroxylation is 1. The van der Waals surface area contributed by atoms with Crippen LogP contribution in [0.5, 0.6) is 0 Å². The Labute approximate surface area is 175 Å². The molecule has 31 heavy (non-hydrogen) atoms. The zero-order chi connectivity index (χ0) is 21.5. The largest absolute Gasteiger partial charge is 0.469 e. The number of halogens is 1. The second kappa shape index (κ2) is 7.28. The highest BCUT2D eigenvalue weighted by Gasteiger charge is 2.23. The average Bonchev–Trinajstić information content (AvgIpc) is 3.31. The van der Waals surface area contributed by atoms with E-state index in [0.29, 0.717) is 28.2 Å². The van der Waals surface area contributed by atoms with Gasteiger partial charge in [-0.2, -0.15) is 14.7 Å². The van der Waals surface area contributed by atoms with Crippen LogP contribution in [0.15, 0.2) is 54.6 Å². The summed E-state index contributed by atoms with van der Waals surface area (Å²) in [7, 11) is 1.31. The summed E-state index contributed by atoms with van der Waals surface area (Å²) in [6.07, 6.45) is -0.0959. The Kier molecular flexibility index (Phi) is 4.43. The second-order valence-electron chi connectivity index (χ2n) is 7.03. The first-order valence-corrected chi connectivity index (χ1v) is 9.58. The maximum absolute atomic E-state index is 14.0. The average molecular weight is 416 g/mol. The summed E-state index contributed by atoms with van der Waals surface area (Å²) < 4.78 is 21.9. The molecule has 2 aromatic carbocycles. The van der Waals surface area contributed by atoms with Gasteiger partial charge in [0, 0.05) is 0 Å². The lowest BCUT2D eigenvalue weighted by Gasteiger charge is -2.04. The number of carbonyl (C=O) groups excluding carboxylic acids is 1. The van der Waals surface area contributed by atoms with Crippen LogP contribution in [0.3, 0.4) is 0 Å². The molecule has 3 aromatic heterocycles. The molecule has 0 aliphatic heterocycles. The number of rotatable bonds is 4. The summed E-state index contributed by atoms with van der Waals surface area (Å²) in [6, 6.07) is 15.8. The topological polar surface area (TPSA) is 87.2 Å². The van der Waals surface area contributed by atoms with E-state index < -0.39 is 11.8 Å². The zero-order valence-electron chi connectivity index (χ0n) is 16.8. The van der Waals surface area contributed by atoms with Gasteiger partial charge in [0.05, 0.1) is 30.5 Å². The molecule has 0 aliphatic carbocycles. The van der Waals surface area contributed by atoms with Gasteiger partial charge in [-0.15, -0.1) is 10.2 Å². The van der Waals surface area contributed by atoms with Gasteiger partial charge in [-0.1, -0.05) is 36.4 Å². The molecule has 0 saturated heterocycles. The molecule has 0 unspecified atom stereocenters. The molecular weight excluding hydrogens is 399 g/mol. The number of benzene rings is 2. The number of nitrogens with zero attached hydrogens (tertiary/aromatic N) is 6. The maximum Gasteiger partial charge on any atom is 0.311 e. The van der Waals surface area contributed by atoms with Crippen molar-refractivity contribution >= 4 is 22.8 Å². The van der Waals surface area contributed by atoms with Crippen molar-refractivity contribution in [2.24, 2.45) is 0 Å². The van der Waals surface area contributed by atoms with Crippen molar-refractivity contribution in [1.82, 2.24) is 29.6 Å². The van der Waals surface area contributed by atoms with Gasteiger partial charge in [0.1, 0.15) is 11.5 Å². The van der Waals surface area contributed by atoms with Crippen LogP contribution in [-0.4, -0.2) is 42.7 Å². The monoisotopic (exact) mass is 416 g/mol. The van der Waals surface area contributed by atoms with Gasteiger partial charge >= 0.3 is 5.97 Å². The number of hydrogen-bond acceptors (Lipinski definition) is 6. The molecule has 154 valence electrons. The summed E-state index contributed by atoms with van der Waals surface area (Å²) >= 11 is 0. The third kappa shape index (κ3) is 3.10. The van der Waals surface area contributed by atoms with E-state index in [0.717, 1.165) is 16.8 Å². The van der Waals surface area contributed by atoms with Crippen molar-refractivity contribution in [3.8, 4) is 16.8 Å². The first-order chi connectivity index (χ1) is 15.1. The Morgan fingerprint density at radius 3 is 2.61 bits per heavy atom. The van der Waals surface area contributed by atoms with Gasteiger partial charge in [0.25, 0.3) is 0 Å². The van der Waals surface area contributed by atoms with Crippen LogP contribution in [-0.2, 0) is 16.0 Å². The number of carbonyl (C=O) groups is 1. The standard InChI is InChI=1S/C22H17FN6O2/c1-13-19(14-7-4-3-5-8-14)21-25-24-20-17(12-18(30)31-2)27-28(22(20)29(21)26-13)16-10-6-9-15(23)11-16/h3-11H,12H2,1-2H3. The summed E-state index contributed by atoms with van der Waals surface area (Å²) in [5.41, 5.74) is 4.82. The minimum Gasteiger partial charge on any atom is -0.469 e. The number of hydrogen-bond donors (Lipinski definition) is 0. The quantitative estimate of drug-likeness (QED) is 0.418. The predicted molar refractivity (Wildman–Crippen MR) is 111 cm³/mol. The van der Waals surface area contributed by atoms with Crippen LogP contribution < -0.4 is 0 Å². The minimum absolute atomic E-state index is 0.0959. The molecule has 0 radical (unpaired) electrons. The molecule has 5 aromatic rings. The molecule has 5 rings (SSSR count). The van der Waals surface area contributed by atoms with E-state index in [4.69, 9.17) is 4.74 Å². The number of esters is 1. The number of aromatic nitrogens is 6. The molecule has 0 fully saturated rings. The van der Waals surface area contributed by atoms with Crippen LogP contribution in [0.1, 0.15) is 11.4 Å². The second-order valence-corrected chi connectivity index (χ2v) is 7.03. The van der Waals surface area contributed by atoms with E-state index in [9.17, 15) is 9.18 Å². The molecule has 0 atom stereocenters. The Morgan fingerprint density at radius 2 is 1.87 bits per heavy atom. The molecule has 8 nitrogen and oxygen atoms in total. The van der Waals surface area contributed by atoms with Crippen molar-refractivity contribution < 1.29 is 13.9 Å². The molecular formula is C22H17FN6O2. The van der Waals surface area contributed by atoms with Crippen molar-refractivity contribution in [3.05, 3.63) is 71.8 Å². The van der Waals surface area contributed by atoms with E-state index in [-0.39, 0.29) is 6.42 Å². The number of fused-ring (bicyclic) bond motifs is 3. The summed E-state index contributed by atoms with van der Waals surface area (Å²) in [5.74, 6) is -0.871. The maximum atomic E-state index is 14.0. The molecule has 3 heterocycles. The van der Waals surface area contributed by atoms with E-state index >= 15 is 0 Å². The van der Waals surface area contributed by atoms with Crippen molar-refractivity contribution in [2.75, 3.05) is 7.11 Å². The van der Waals surface area contributed by atoms with Crippen LogP contribution in [0.4, 0.5) is 4.39 Å². The Bertz CT molecular complexity index is 1440. The highest BCUT2D eigenvalue weighted by atomic mass is 19.1. The van der Waals surface area contributed by atoms with Gasteiger partial charge in [0.15, 0.2) is 16.8 Å². The molecule has 9 heteroatoms. The smallest absolute Gasteiger partial charge is 0.311 e. The SMILES string of the molecule is COC(=O)Cc1nn(-c2cccc(F)c2)c2c1nnc1c(-c3ccccc3)c(C)nn12. The van der Waals surface area contributed by atoms with Gasteiger partial charge in [-0.25, -0.2) is 9.07 Å². The molecule has 0 saturated carbocycles. The molecule has 0 spiro atoms. The Hall–Kier alpha value is -4.14. The van der Waals surface area contributed by atoms with Crippen LogP contribution >= 0.6 is 0 Å². The first-order valence-electron chi connectivity index (χ1n) is 9.58. The number of ether oxygens (including phenoxy) is 1. The Morgan fingerprint density at radius 1 is 1.06 bits per heavy atom. The van der Waals surface area contributed by atoms with Crippen LogP contribution in [0.25, 0.3) is 33.6 Å². The number of methoxy groups -OCH3 is 1. The molecule has 0 amide bonds. The van der Waals surface area contributed by atoms with E-state index in [1.54, 1.807) is 16.6 Å². The summed E-state index contributed by atoms with van der Waals surface area (Å²) in [6.45, 7) is 1.89. The van der Waals surface area contributed by atoms with Gasteiger partial charge in [0.2, 0.25) is 0 Å². The van der Waals surface area contributed by atoms with E-state index in [2.05, 4.69) is 20.4 Å². The van der Waals surface area contributed by atoms with Gasteiger partial charge in [-0.3, -0.25) is 4.79 Å². The fraction of sp³-hybridized carbons (Fsp3) is 0.136. The van der Waals surface area contributed by atoms with E-state index in [1.807, 2.05) is 37.3 Å². The molecule has 0 N–H and O–H groups in total. The van der Waals surface area contributed by atoms with Gasteiger partial charge < -0.3 is 4.74 Å². The predicted octanol–water partition coefficient (Wildman–Crippen LogP) is 3.29. The van der Waals surface area contributed by atoms with Gasteiger partial charge in [-0.05, 0) is 30.7 Å². The molecule has 0 aliphatic rings.